The topological polar surface area (TPSA) is 33.1 Å². The minimum Gasteiger partial charge on any atom is -0.392 e. The van der Waals surface area contributed by atoms with Crippen molar-refractivity contribution < 1.29 is 9.50 Å². The fourth-order valence-corrected chi connectivity index (χ4v) is 2.54. The Labute approximate surface area is 114 Å². The average molecular weight is 286 g/mol. The fraction of sp³-hybridized carbons (Fsp3) is 0.308. The van der Waals surface area contributed by atoms with Gasteiger partial charge >= 0.3 is 0 Å². The van der Waals surface area contributed by atoms with Crippen LogP contribution in [0.4, 0.5) is 4.39 Å². The molecule has 96 valence electrons. The minimum absolute atomic E-state index is 0.263. The summed E-state index contributed by atoms with van der Waals surface area (Å²) in [7, 11) is 0. The van der Waals surface area contributed by atoms with Gasteiger partial charge in [0.05, 0.1) is 16.8 Å². The Morgan fingerprint density at radius 1 is 1.44 bits per heavy atom. The first-order valence-electron chi connectivity index (χ1n) is 5.57. The van der Waals surface area contributed by atoms with E-state index in [-0.39, 0.29) is 12.2 Å². The van der Waals surface area contributed by atoms with Gasteiger partial charge in [-0.3, -0.25) is 0 Å². The van der Waals surface area contributed by atoms with Crippen molar-refractivity contribution in [3.05, 3.63) is 50.7 Å². The molecule has 1 heterocycles. The summed E-state index contributed by atoms with van der Waals surface area (Å²) in [6.45, 7) is 1.92. The van der Waals surface area contributed by atoms with E-state index in [2.05, 4.69) is 4.98 Å². The van der Waals surface area contributed by atoms with Crippen LogP contribution in [0.25, 0.3) is 0 Å². The lowest BCUT2D eigenvalue weighted by molar-refractivity contribution is 0.173. The Bertz CT molecular complexity index is 544. The van der Waals surface area contributed by atoms with E-state index < -0.39 is 6.10 Å². The van der Waals surface area contributed by atoms with E-state index in [4.69, 9.17) is 11.6 Å². The maximum Gasteiger partial charge on any atom is 0.127 e. The van der Waals surface area contributed by atoms with Gasteiger partial charge in [-0.05, 0) is 24.6 Å². The van der Waals surface area contributed by atoms with Crippen LogP contribution in [0.15, 0.2) is 23.6 Å². The quantitative estimate of drug-likeness (QED) is 0.934. The SMILES string of the molecule is Cc1nc(CC(O)Cc2ccc(Cl)cc2F)cs1. The summed E-state index contributed by atoms with van der Waals surface area (Å²) in [5.74, 6) is -0.379. The Morgan fingerprint density at radius 3 is 2.83 bits per heavy atom. The van der Waals surface area contributed by atoms with E-state index in [0.29, 0.717) is 17.0 Å². The number of benzene rings is 1. The third-order valence-electron chi connectivity index (χ3n) is 2.58. The molecule has 0 fully saturated rings. The molecule has 1 atom stereocenters. The van der Waals surface area contributed by atoms with Crippen LogP contribution in [0, 0.1) is 12.7 Å². The van der Waals surface area contributed by atoms with Crippen LogP contribution in [0.1, 0.15) is 16.3 Å². The molecule has 0 spiro atoms. The lowest BCUT2D eigenvalue weighted by Crippen LogP contribution is -2.15. The molecule has 2 aromatic rings. The van der Waals surface area contributed by atoms with Crippen molar-refractivity contribution in [2.75, 3.05) is 0 Å². The van der Waals surface area contributed by atoms with Crippen LogP contribution in [-0.4, -0.2) is 16.2 Å². The summed E-state index contributed by atoms with van der Waals surface area (Å²) in [6.07, 6.45) is 0.0635. The van der Waals surface area contributed by atoms with Crippen molar-refractivity contribution in [3.8, 4) is 0 Å². The largest absolute Gasteiger partial charge is 0.392 e. The molecule has 0 aliphatic heterocycles. The van der Waals surface area contributed by atoms with E-state index in [0.717, 1.165) is 10.7 Å². The number of aromatic nitrogens is 1. The Kier molecular flexibility index (Phi) is 4.32. The van der Waals surface area contributed by atoms with Crippen LogP contribution in [0.2, 0.25) is 5.02 Å². The molecule has 1 aromatic carbocycles. The van der Waals surface area contributed by atoms with Crippen LogP contribution >= 0.6 is 22.9 Å². The van der Waals surface area contributed by atoms with E-state index in [9.17, 15) is 9.50 Å². The molecular formula is C13H13ClFNOS. The van der Waals surface area contributed by atoms with Crippen LogP contribution in [0.3, 0.4) is 0 Å². The zero-order valence-electron chi connectivity index (χ0n) is 9.86. The average Bonchev–Trinajstić information content (AvgIpc) is 2.68. The molecule has 1 aromatic heterocycles. The van der Waals surface area contributed by atoms with Gasteiger partial charge in [-0.15, -0.1) is 11.3 Å². The molecule has 0 saturated carbocycles. The second-order valence-electron chi connectivity index (χ2n) is 4.16. The summed E-state index contributed by atoms with van der Waals surface area (Å²) in [5, 5.41) is 13.2. The highest BCUT2D eigenvalue weighted by Crippen LogP contribution is 2.17. The number of hydrogen-bond acceptors (Lipinski definition) is 3. The predicted octanol–water partition coefficient (Wildman–Crippen LogP) is 3.39. The molecule has 1 N–H and O–H groups in total. The normalized spacial score (nSPS) is 12.7. The Hall–Kier alpha value is -0.970. The van der Waals surface area contributed by atoms with E-state index in [1.165, 1.54) is 6.07 Å². The first kappa shape index (κ1) is 13.5. The number of aliphatic hydroxyl groups excluding tert-OH is 1. The molecule has 2 rings (SSSR count). The number of aryl methyl sites for hydroxylation is 1. The van der Waals surface area contributed by atoms with Crippen molar-refractivity contribution in [1.82, 2.24) is 4.98 Å². The van der Waals surface area contributed by atoms with Gasteiger partial charge in [0.25, 0.3) is 0 Å². The molecule has 0 aliphatic carbocycles. The number of halogens is 2. The van der Waals surface area contributed by atoms with Gasteiger partial charge in [-0.25, -0.2) is 9.37 Å². The lowest BCUT2D eigenvalue weighted by atomic mass is 10.0. The number of rotatable bonds is 4. The Balaban J connectivity index is 2.00. The standard InChI is InChI=1S/C13H13ClFNOS/c1-8-16-11(7-18-8)6-12(17)4-9-2-3-10(14)5-13(9)15/h2-3,5,7,12,17H,4,6H2,1H3. The summed E-state index contributed by atoms with van der Waals surface area (Å²) in [5.41, 5.74) is 1.32. The molecule has 2 nitrogen and oxygen atoms in total. The summed E-state index contributed by atoms with van der Waals surface area (Å²) in [4.78, 5) is 4.27. The maximum atomic E-state index is 13.5. The lowest BCUT2D eigenvalue weighted by Gasteiger charge is -2.10. The van der Waals surface area contributed by atoms with E-state index in [1.807, 2.05) is 12.3 Å². The summed E-state index contributed by atoms with van der Waals surface area (Å²) in [6, 6.07) is 4.49. The Morgan fingerprint density at radius 2 is 2.22 bits per heavy atom. The van der Waals surface area contributed by atoms with Crippen molar-refractivity contribution in [2.45, 2.75) is 25.9 Å². The van der Waals surface area contributed by atoms with E-state index in [1.54, 1.807) is 23.5 Å². The monoisotopic (exact) mass is 285 g/mol. The first-order chi connectivity index (χ1) is 8.54. The number of thiazole rings is 1. The highest BCUT2D eigenvalue weighted by Gasteiger charge is 2.12. The summed E-state index contributed by atoms with van der Waals surface area (Å²) < 4.78 is 13.5. The van der Waals surface area contributed by atoms with Crippen LogP contribution in [0.5, 0.6) is 0 Å². The first-order valence-corrected chi connectivity index (χ1v) is 6.83. The minimum atomic E-state index is -0.637. The van der Waals surface area contributed by atoms with Gasteiger partial charge in [0.2, 0.25) is 0 Å². The highest BCUT2D eigenvalue weighted by atomic mass is 35.5. The second-order valence-corrected chi connectivity index (χ2v) is 5.65. The van der Waals surface area contributed by atoms with Gasteiger partial charge in [0, 0.05) is 23.2 Å². The zero-order chi connectivity index (χ0) is 13.1. The molecule has 0 amide bonds. The molecule has 0 radical (unpaired) electrons. The highest BCUT2D eigenvalue weighted by molar-refractivity contribution is 7.09. The van der Waals surface area contributed by atoms with Gasteiger partial charge in [0.1, 0.15) is 5.82 Å². The van der Waals surface area contributed by atoms with Crippen molar-refractivity contribution in [1.29, 1.82) is 0 Å². The van der Waals surface area contributed by atoms with Crippen molar-refractivity contribution >= 4 is 22.9 Å². The molecule has 0 aliphatic rings. The molecule has 0 saturated heterocycles. The molecule has 5 heteroatoms. The van der Waals surface area contributed by atoms with Crippen LogP contribution < -0.4 is 0 Å². The third-order valence-corrected chi connectivity index (χ3v) is 3.64. The fourth-order valence-electron chi connectivity index (χ4n) is 1.76. The number of hydrogen-bond donors (Lipinski definition) is 1. The van der Waals surface area contributed by atoms with E-state index >= 15 is 0 Å². The molecular weight excluding hydrogens is 273 g/mol. The zero-order valence-corrected chi connectivity index (χ0v) is 11.4. The smallest absolute Gasteiger partial charge is 0.127 e. The van der Waals surface area contributed by atoms with Gasteiger partial charge in [-0.2, -0.15) is 0 Å². The van der Waals surface area contributed by atoms with Crippen LogP contribution in [-0.2, 0) is 12.8 Å². The number of nitrogens with zero attached hydrogens (tertiary/aromatic N) is 1. The van der Waals surface area contributed by atoms with Gasteiger partial charge in [-0.1, -0.05) is 17.7 Å². The molecule has 1 unspecified atom stereocenters. The molecule has 18 heavy (non-hydrogen) atoms. The molecule has 0 bridgehead atoms. The summed E-state index contributed by atoms with van der Waals surface area (Å²) >= 11 is 7.22. The van der Waals surface area contributed by atoms with Gasteiger partial charge < -0.3 is 5.11 Å². The van der Waals surface area contributed by atoms with Crippen molar-refractivity contribution in [2.24, 2.45) is 0 Å². The van der Waals surface area contributed by atoms with Crippen molar-refractivity contribution in [3.63, 3.8) is 0 Å². The third kappa shape index (κ3) is 3.51. The predicted molar refractivity (Wildman–Crippen MR) is 71.7 cm³/mol. The van der Waals surface area contributed by atoms with Gasteiger partial charge in [0.15, 0.2) is 0 Å². The number of aliphatic hydroxyl groups is 1. The second kappa shape index (κ2) is 5.78. The maximum absolute atomic E-state index is 13.5.